The molecule has 2 aromatic heterocycles. The molecule has 4 rings (SSSR count). The monoisotopic (exact) mass is 354 g/mol. The van der Waals surface area contributed by atoms with E-state index < -0.39 is 0 Å². The molecule has 2 heterocycles. The molecular formula is C19H22N4OS. The Morgan fingerprint density at radius 1 is 1.40 bits per heavy atom. The Balaban J connectivity index is 1.41. The molecule has 0 fully saturated rings. The van der Waals surface area contributed by atoms with Crippen molar-refractivity contribution in [3.8, 4) is 0 Å². The van der Waals surface area contributed by atoms with Gasteiger partial charge in [0.15, 0.2) is 4.96 Å². The van der Waals surface area contributed by atoms with Gasteiger partial charge in [-0.3, -0.25) is 4.40 Å². The molecule has 2 amide bonds. The van der Waals surface area contributed by atoms with Gasteiger partial charge in [-0.25, -0.2) is 9.78 Å². The summed E-state index contributed by atoms with van der Waals surface area (Å²) in [5.74, 6) is 0. The van der Waals surface area contributed by atoms with E-state index in [1.807, 2.05) is 28.2 Å². The SMILES string of the molecule is CC1(C)CCC(NC(=O)NCc2cn3ccsc3n2)c2ccccc21. The molecule has 0 spiro atoms. The molecule has 0 saturated carbocycles. The Bertz CT molecular complexity index is 882. The first kappa shape index (κ1) is 16.1. The first-order valence-corrected chi connectivity index (χ1v) is 9.46. The molecule has 5 nitrogen and oxygen atoms in total. The van der Waals surface area contributed by atoms with E-state index in [-0.39, 0.29) is 17.5 Å². The van der Waals surface area contributed by atoms with Crippen molar-refractivity contribution in [2.45, 2.75) is 44.7 Å². The predicted octanol–water partition coefficient (Wildman–Crippen LogP) is 4.01. The maximum Gasteiger partial charge on any atom is 0.315 e. The van der Waals surface area contributed by atoms with E-state index in [2.05, 4.69) is 47.7 Å². The third-order valence-electron chi connectivity index (χ3n) is 5.00. The average molecular weight is 354 g/mol. The first-order chi connectivity index (χ1) is 12.0. The fourth-order valence-corrected chi connectivity index (χ4v) is 4.32. The zero-order valence-corrected chi connectivity index (χ0v) is 15.3. The van der Waals surface area contributed by atoms with Crippen LogP contribution in [0.4, 0.5) is 4.79 Å². The second-order valence-electron chi connectivity index (χ2n) is 7.21. The van der Waals surface area contributed by atoms with E-state index in [1.165, 1.54) is 11.1 Å². The van der Waals surface area contributed by atoms with E-state index in [9.17, 15) is 4.79 Å². The van der Waals surface area contributed by atoms with E-state index >= 15 is 0 Å². The molecular weight excluding hydrogens is 332 g/mol. The van der Waals surface area contributed by atoms with Crippen molar-refractivity contribution in [2.24, 2.45) is 0 Å². The van der Waals surface area contributed by atoms with E-state index in [0.717, 1.165) is 23.5 Å². The number of hydrogen-bond donors (Lipinski definition) is 2. The quantitative estimate of drug-likeness (QED) is 0.747. The first-order valence-electron chi connectivity index (χ1n) is 8.58. The van der Waals surface area contributed by atoms with Crippen LogP contribution in [0.15, 0.2) is 42.0 Å². The lowest BCUT2D eigenvalue weighted by molar-refractivity contribution is 0.233. The number of imidazole rings is 1. The number of nitrogens with one attached hydrogen (secondary N) is 2. The van der Waals surface area contributed by atoms with Crippen LogP contribution in [-0.4, -0.2) is 15.4 Å². The van der Waals surface area contributed by atoms with Crippen molar-refractivity contribution in [1.82, 2.24) is 20.0 Å². The van der Waals surface area contributed by atoms with Gasteiger partial charge >= 0.3 is 6.03 Å². The van der Waals surface area contributed by atoms with Gasteiger partial charge < -0.3 is 10.6 Å². The third kappa shape index (κ3) is 3.14. The molecule has 1 aromatic carbocycles. The Morgan fingerprint density at radius 3 is 3.08 bits per heavy atom. The molecule has 2 N–H and O–H groups in total. The highest BCUT2D eigenvalue weighted by Gasteiger charge is 2.32. The number of thiazole rings is 1. The second-order valence-corrected chi connectivity index (χ2v) is 8.09. The Kier molecular flexibility index (Phi) is 4.00. The van der Waals surface area contributed by atoms with Crippen LogP contribution in [-0.2, 0) is 12.0 Å². The number of hydrogen-bond acceptors (Lipinski definition) is 3. The molecule has 25 heavy (non-hydrogen) atoms. The Morgan fingerprint density at radius 2 is 2.24 bits per heavy atom. The van der Waals surface area contributed by atoms with E-state index in [0.29, 0.717) is 6.54 Å². The van der Waals surface area contributed by atoms with Crippen LogP contribution in [0.1, 0.15) is 49.6 Å². The van der Waals surface area contributed by atoms with Crippen molar-refractivity contribution in [2.75, 3.05) is 0 Å². The lowest BCUT2D eigenvalue weighted by Crippen LogP contribution is -2.40. The van der Waals surface area contributed by atoms with Crippen molar-refractivity contribution < 1.29 is 4.79 Å². The maximum atomic E-state index is 12.4. The molecule has 0 saturated heterocycles. The largest absolute Gasteiger partial charge is 0.332 e. The molecule has 130 valence electrons. The molecule has 6 heteroatoms. The van der Waals surface area contributed by atoms with Crippen LogP contribution in [0.25, 0.3) is 4.96 Å². The highest BCUT2D eigenvalue weighted by Crippen LogP contribution is 2.41. The second kappa shape index (κ2) is 6.19. The number of aromatic nitrogens is 2. The minimum absolute atomic E-state index is 0.0646. The maximum absolute atomic E-state index is 12.4. The van der Waals surface area contributed by atoms with Crippen LogP contribution in [0.2, 0.25) is 0 Å². The zero-order valence-electron chi connectivity index (χ0n) is 14.5. The third-order valence-corrected chi connectivity index (χ3v) is 5.77. The molecule has 1 aliphatic rings. The standard InChI is InChI=1S/C19H22N4OS/c1-19(2)8-7-16(14-5-3-4-6-15(14)19)22-17(24)20-11-13-12-23-9-10-25-18(23)21-13/h3-6,9-10,12,16H,7-8,11H2,1-2H3,(H2,20,22,24). The van der Waals surface area contributed by atoms with Crippen LogP contribution in [0.5, 0.6) is 0 Å². The Hall–Kier alpha value is -2.34. The smallest absolute Gasteiger partial charge is 0.315 e. The number of fused-ring (bicyclic) bond motifs is 2. The van der Waals surface area contributed by atoms with Crippen molar-refractivity contribution in [1.29, 1.82) is 0 Å². The fraction of sp³-hybridized carbons (Fsp3) is 0.368. The highest BCUT2D eigenvalue weighted by molar-refractivity contribution is 7.15. The highest BCUT2D eigenvalue weighted by atomic mass is 32.1. The lowest BCUT2D eigenvalue weighted by atomic mass is 9.71. The van der Waals surface area contributed by atoms with Gasteiger partial charge in [-0.1, -0.05) is 38.1 Å². The summed E-state index contributed by atoms with van der Waals surface area (Å²) in [7, 11) is 0. The van der Waals surface area contributed by atoms with Crippen LogP contribution in [0, 0.1) is 0 Å². The van der Waals surface area contributed by atoms with Gasteiger partial charge in [0, 0.05) is 17.8 Å². The van der Waals surface area contributed by atoms with Gasteiger partial charge in [0.05, 0.1) is 18.3 Å². The van der Waals surface area contributed by atoms with Gasteiger partial charge in [0.2, 0.25) is 0 Å². The minimum atomic E-state index is -0.143. The average Bonchev–Trinajstić information content (AvgIpc) is 3.17. The molecule has 1 unspecified atom stereocenters. The summed E-state index contributed by atoms with van der Waals surface area (Å²) in [6.07, 6.45) is 5.94. The predicted molar refractivity (Wildman–Crippen MR) is 99.9 cm³/mol. The molecule has 1 atom stereocenters. The molecule has 0 aliphatic heterocycles. The van der Waals surface area contributed by atoms with Crippen molar-refractivity contribution >= 4 is 22.3 Å². The van der Waals surface area contributed by atoms with E-state index in [1.54, 1.807) is 11.3 Å². The summed E-state index contributed by atoms with van der Waals surface area (Å²) in [6.45, 7) is 4.97. The number of amides is 2. The molecule has 0 radical (unpaired) electrons. The summed E-state index contributed by atoms with van der Waals surface area (Å²) < 4.78 is 1.97. The topological polar surface area (TPSA) is 58.4 Å². The summed E-state index contributed by atoms with van der Waals surface area (Å²) in [5.41, 5.74) is 3.59. The fourth-order valence-electron chi connectivity index (χ4n) is 3.60. The van der Waals surface area contributed by atoms with Crippen molar-refractivity contribution in [3.63, 3.8) is 0 Å². The number of nitrogens with zero attached hydrogens (tertiary/aromatic N) is 2. The summed E-state index contributed by atoms with van der Waals surface area (Å²) in [5, 5.41) is 8.05. The lowest BCUT2D eigenvalue weighted by Gasteiger charge is -2.37. The summed E-state index contributed by atoms with van der Waals surface area (Å²) >= 11 is 1.59. The number of urea groups is 1. The van der Waals surface area contributed by atoms with E-state index in [4.69, 9.17) is 0 Å². The zero-order chi connectivity index (χ0) is 17.4. The van der Waals surface area contributed by atoms with Gasteiger partial charge in [-0.15, -0.1) is 11.3 Å². The van der Waals surface area contributed by atoms with Gasteiger partial charge in [-0.05, 0) is 29.4 Å². The minimum Gasteiger partial charge on any atom is -0.332 e. The van der Waals surface area contributed by atoms with Crippen LogP contribution >= 0.6 is 11.3 Å². The number of rotatable bonds is 3. The normalized spacial score (nSPS) is 18.7. The summed E-state index contributed by atoms with van der Waals surface area (Å²) in [4.78, 5) is 17.8. The number of carbonyl (C=O) groups excluding carboxylic acids is 1. The number of carbonyl (C=O) groups is 1. The van der Waals surface area contributed by atoms with Crippen LogP contribution < -0.4 is 10.6 Å². The number of benzene rings is 1. The summed E-state index contributed by atoms with van der Waals surface area (Å²) in [6, 6.07) is 8.35. The Labute approximate surface area is 151 Å². The van der Waals surface area contributed by atoms with Crippen molar-refractivity contribution in [3.05, 3.63) is 58.9 Å². The molecule has 3 aromatic rings. The van der Waals surface area contributed by atoms with Gasteiger partial charge in [0.1, 0.15) is 0 Å². The molecule has 1 aliphatic carbocycles. The van der Waals surface area contributed by atoms with Gasteiger partial charge in [0.25, 0.3) is 0 Å². The van der Waals surface area contributed by atoms with Crippen LogP contribution in [0.3, 0.4) is 0 Å². The van der Waals surface area contributed by atoms with Gasteiger partial charge in [-0.2, -0.15) is 0 Å². The molecule has 0 bridgehead atoms.